The van der Waals surface area contributed by atoms with Gasteiger partial charge in [-0.3, -0.25) is 4.40 Å². The second-order valence-electron chi connectivity index (χ2n) is 2.59. The normalized spacial score (nSPS) is 10.9. The fourth-order valence-electron chi connectivity index (χ4n) is 1.08. The number of fused-ring (bicyclic) bond motifs is 1. The summed E-state index contributed by atoms with van der Waals surface area (Å²) in [6, 6.07) is 1.99. The maximum atomic E-state index is 5.88. The summed E-state index contributed by atoms with van der Waals surface area (Å²) in [7, 11) is 0. The minimum absolute atomic E-state index is 0.630. The number of imidazole rings is 1. The second-order valence-corrected chi connectivity index (χ2v) is 3.77. The van der Waals surface area contributed by atoms with Crippen molar-refractivity contribution in [3.63, 3.8) is 0 Å². The van der Waals surface area contributed by atoms with Gasteiger partial charge in [-0.2, -0.15) is 0 Å². The molecule has 0 aromatic carbocycles. The van der Waals surface area contributed by atoms with Crippen LogP contribution in [0.1, 0.15) is 5.56 Å². The molecule has 0 aliphatic rings. The van der Waals surface area contributed by atoms with E-state index < -0.39 is 0 Å². The number of aromatic nitrogens is 2. The van der Waals surface area contributed by atoms with Gasteiger partial charge in [0.05, 0.1) is 10.7 Å². The van der Waals surface area contributed by atoms with E-state index in [0.717, 1.165) is 15.7 Å². The van der Waals surface area contributed by atoms with Crippen LogP contribution in [0.5, 0.6) is 0 Å². The summed E-state index contributed by atoms with van der Waals surface area (Å²) >= 11 is 9.33. The van der Waals surface area contributed by atoms with Crippen molar-refractivity contribution in [2.24, 2.45) is 0 Å². The fourth-order valence-corrected chi connectivity index (χ4v) is 1.69. The van der Waals surface area contributed by atoms with E-state index in [-0.39, 0.29) is 0 Å². The van der Waals surface area contributed by atoms with Crippen molar-refractivity contribution in [3.05, 3.63) is 33.6 Å². The Bertz CT molecular complexity index is 436. The maximum absolute atomic E-state index is 5.88. The third-order valence-electron chi connectivity index (χ3n) is 1.77. The Kier molecular flexibility index (Phi) is 1.85. The van der Waals surface area contributed by atoms with Crippen LogP contribution in [0.4, 0.5) is 0 Å². The Morgan fingerprint density at radius 1 is 1.58 bits per heavy atom. The molecule has 0 radical (unpaired) electrons. The molecule has 0 aliphatic carbocycles. The van der Waals surface area contributed by atoms with Crippen LogP contribution in [0.2, 0.25) is 5.15 Å². The summed E-state index contributed by atoms with van der Waals surface area (Å²) in [5.41, 5.74) is 2.02. The molecule has 2 aromatic heterocycles. The van der Waals surface area contributed by atoms with Gasteiger partial charge in [-0.25, -0.2) is 4.98 Å². The quantitative estimate of drug-likeness (QED) is 0.697. The van der Waals surface area contributed by atoms with Crippen molar-refractivity contribution in [1.82, 2.24) is 9.38 Å². The van der Waals surface area contributed by atoms with Crippen molar-refractivity contribution in [1.29, 1.82) is 0 Å². The van der Waals surface area contributed by atoms with Gasteiger partial charge in [0.15, 0.2) is 5.65 Å². The van der Waals surface area contributed by atoms with Gasteiger partial charge in [-0.05, 0) is 34.5 Å². The van der Waals surface area contributed by atoms with Crippen molar-refractivity contribution in [3.8, 4) is 0 Å². The summed E-state index contributed by atoms with van der Waals surface area (Å²) in [5, 5.41) is 0.630. The Hall–Kier alpha value is -0.540. The molecule has 62 valence electrons. The molecule has 0 saturated heterocycles. The number of halogens is 2. The predicted molar refractivity (Wildman–Crippen MR) is 52.6 cm³/mol. The van der Waals surface area contributed by atoms with Crippen molar-refractivity contribution < 1.29 is 0 Å². The van der Waals surface area contributed by atoms with Crippen LogP contribution in [0, 0.1) is 6.92 Å². The van der Waals surface area contributed by atoms with E-state index >= 15 is 0 Å². The molecule has 0 unspecified atom stereocenters. The summed E-state index contributed by atoms with van der Waals surface area (Å²) in [6.45, 7) is 2.02. The highest BCUT2D eigenvalue weighted by atomic mass is 79.9. The first kappa shape index (κ1) is 8.08. The molecule has 0 amide bonds. The molecule has 0 aliphatic heterocycles. The van der Waals surface area contributed by atoms with Gasteiger partial charge in [0.25, 0.3) is 0 Å². The Morgan fingerprint density at radius 2 is 2.33 bits per heavy atom. The minimum Gasteiger partial charge on any atom is -0.290 e. The van der Waals surface area contributed by atoms with E-state index in [9.17, 15) is 0 Å². The number of nitrogens with zero attached hydrogens (tertiary/aromatic N) is 2. The van der Waals surface area contributed by atoms with Crippen LogP contribution in [0.25, 0.3) is 5.65 Å². The molecule has 2 heterocycles. The third kappa shape index (κ3) is 1.04. The molecule has 0 fully saturated rings. The van der Waals surface area contributed by atoms with Crippen molar-refractivity contribution >= 4 is 33.2 Å². The smallest absolute Gasteiger partial charge is 0.152 e. The van der Waals surface area contributed by atoms with Crippen LogP contribution in [0.15, 0.2) is 22.9 Å². The number of aryl methyl sites for hydroxylation is 1. The highest BCUT2D eigenvalue weighted by Crippen LogP contribution is 2.23. The average Bonchev–Trinajstić information content (AvgIpc) is 2.41. The van der Waals surface area contributed by atoms with Gasteiger partial charge in [0.2, 0.25) is 0 Å². The first-order valence-electron chi connectivity index (χ1n) is 3.48. The van der Waals surface area contributed by atoms with Gasteiger partial charge >= 0.3 is 0 Å². The number of hydrogen-bond acceptors (Lipinski definition) is 1. The topological polar surface area (TPSA) is 17.3 Å². The second kappa shape index (κ2) is 2.75. The molecular formula is C8H6BrClN2. The lowest BCUT2D eigenvalue weighted by atomic mass is 10.3. The summed E-state index contributed by atoms with van der Waals surface area (Å²) in [5.74, 6) is 0. The lowest BCUT2D eigenvalue weighted by molar-refractivity contribution is 1.16. The molecule has 2 nitrogen and oxygen atoms in total. The van der Waals surface area contributed by atoms with E-state index in [4.69, 9.17) is 11.6 Å². The maximum Gasteiger partial charge on any atom is 0.152 e. The lowest BCUT2D eigenvalue weighted by Crippen LogP contribution is -1.87. The molecule has 0 bridgehead atoms. The largest absolute Gasteiger partial charge is 0.290 e. The predicted octanol–water partition coefficient (Wildman–Crippen LogP) is 3.06. The highest BCUT2D eigenvalue weighted by molar-refractivity contribution is 9.10. The van der Waals surface area contributed by atoms with Crippen LogP contribution in [-0.2, 0) is 0 Å². The zero-order valence-corrected chi connectivity index (χ0v) is 8.72. The lowest BCUT2D eigenvalue weighted by Gasteiger charge is -1.99. The Balaban J connectivity index is 2.93. The molecule has 4 heteroatoms. The highest BCUT2D eigenvalue weighted by Gasteiger charge is 2.05. The zero-order chi connectivity index (χ0) is 8.72. The van der Waals surface area contributed by atoms with E-state index in [1.54, 1.807) is 6.20 Å². The molecule has 0 atom stereocenters. The molecule has 0 spiro atoms. The Morgan fingerprint density at radius 3 is 3.08 bits per heavy atom. The molecule has 2 aromatic rings. The van der Waals surface area contributed by atoms with Crippen molar-refractivity contribution in [2.45, 2.75) is 6.92 Å². The van der Waals surface area contributed by atoms with Gasteiger partial charge in [-0.15, -0.1) is 0 Å². The first-order chi connectivity index (χ1) is 5.70. The van der Waals surface area contributed by atoms with Crippen LogP contribution in [0.3, 0.4) is 0 Å². The average molecular weight is 246 g/mol. The van der Waals surface area contributed by atoms with Crippen LogP contribution < -0.4 is 0 Å². The third-order valence-corrected chi connectivity index (χ3v) is 3.03. The van der Waals surface area contributed by atoms with E-state index in [0.29, 0.717) is 5.15 Å². The van der Waals surface area contributed by atoms with Crippen LogP contribution in [-0.4, -0.2) is 9.38 Å². The number of rotatable bonds is 0. The summed E-state index contributed by atoms with van der Waals surface area (Å²) in [6.07, 6.45) is 3.55. The molecular weight excluding hydrogens is 239 g/mol. The Labute approximate surface area is 83.3 Å². The minimum atomic E-state index is 0.630. The zero-order valence-electron chi connectivity index (χ0n) is 6.38. The van der Waals surface area contributed by atoms with Gasteiger partial charge in [0.1, 0.15) is 5.15 Å². The number of pyridine rings is 1. The molecule has 12 heavy (non-hydrogen) atoms. The van der Waals surface area contributed by atoms with E-state index in [1.165, 1.54) is 0 Å². The fraction of sp³-hybridized carbons (Fsp3) is 0.125. The van der Waals surface area contributed by atoms with Gasteiger partial charge < -0.3 is 0 Å². The first-order valence-corrected chi connectivity index (χ1v) is 4.65. The van der Waals surface area contributed by atoms with Gasteiger partial charge in [-0.1, -0.05) is 11.6 Å². The summed E-state index contributed by atoms with van der Waals surface area (Å²) in [4.78, 5) is 4.16. The molecule has 0 N–H and O–H groups in total. The number of hydrogen-bond donors (Lipinski definition) is 0. The van der Waals surface area contributed by atoms with Gasteiger partial charge in [0, 0.05) is 6.20 Å². The van der Waals surface area contributed by atoms with Crippen molar-refractivity contribution in [2.75, 3.05) is 0 Å². The van der Waals surface area contributed by atoms with Crippen LogP contribution >= 0.6 is 27.5 Å². The monoisotopic (exact) mass is 244 g/mol. The SMILES string of the molecule is Cc1ccn2c(Cl)cnc2c1Br. The molecule has 2 rings (SSSR count). The molecule has 0 saturated carbocycles. The summed E-state index contributed by atoms with van der Waals surface area (Å²) < 4.78 is 2.83. The standard InChI is InChI=1S/C8H6BrClN2/c1-5-2-3-12-6(10)4-11-8(12)7(5)9/h2-4H,1H3. The van der Waals surface area contributed by atoms with E-state index in [1.807, 2.05) is 23.6 Å². The van der Waals surface area contributed by atoms with E-state index in [2.05, 4.69) is 20.9 Å².